The number of aromatic nitrogens is 2. The first kappa shape index (κ1) is 12.2. The number of hydrogen-bond donors (Lipinski definition) is 1. The molecule has 0 fully saturated rings. The lowest BCUT2D eigenvalue weighted by Gasteiger charge is -2.10. The molecular formula is C14H11BrN2O2. The zero-order chi connectivity index (χ0) is 13.4. The number of hydrogen-bond acceptors (Lipinski definition) is 4. The summed E-state index contributed by atoms with van der Waals surface area (Å²) in [4.78, 5) is 8.29. The van der Waals surface area contributed by atoms with Crippen molar-refractivity contribution >= 4 is 37.6 Å². The van der Waals surface area contributed by atoms with E-state index in [-0.39, 0.29) is 10.9 Å². The summed E-state index contributed by atoms with van der Waals surface area (Å²) in [6.07, 6.45) is 3.36. The highest BCUT2D eigenvalue weighted by molar-refractivity contribution is 9.09. The van der Waals surface area contributed by atoms with Crippen LogP contribution in [0.25, 0.3) is 21.7 Å². The van der Waals surface area contributed by atoms with Crippen molar-refractivity contribution in [2.24, 2.45) is 0 Å². The predicted molar refractivity (Wildman–Crippen MR) is 77.7 cm³/mol. The van der Waals surface area contributed by atoms with Gasteiger partial charge in [-0.3, -0.25) is 4.98 Å². The number of aromatic hydroxyl groups is 1. The van der Waals surface area contributed by atoms with Crippen molar-refractivity contribution in [1.82, 2.24) is 9.97 Å². The third-order valence-corrected chi connectivity index (χ3v) is 3.03. The molecule has 1 atom stereocenters. The maximum atomic E-state index is 9.91. The third-order valence-electron chi connectivity index (χ3n) is 2.84. The molecule has 5 heteroatoms. The summed E-state index contributed by atoms with van der Waals surface area (Å²) < 4.78 is 5.61. The van der Waals surface area contributed by atoms with Gasteiger partial charge in [-0.15, -0.1) is 0 Å². The monoisotopic (exact) mass is 318 g/mol. The van der Waals surface area contributed by atoms with Crippen LogP contribution in [0.1, 0.15) is 6.92 Å². The van der Waals surface area contributed by atoms with Gasteiger partial charge in [0.05, 0.1) is 5.52 Å². The van der Waals surface area contributed by atoms with Gasteiger partial charge >= 0.3 is 0 Å². The molecule has 1 N–H and O–H groups in total. The van der Waals surface area contributed by atoms with Gasteiger partial charge in [0.25, 0.3) is 0 Å². The quantitative estimate of drug-likeness (QED) is 0.579. The van der Waals surface area contributed by atoms with Gasteiger partial charge in [-0.05, 0) is 47.1 Å². The first-order valence-electron chi connectivity index (χ1n) is 5.82. The molecule has 19 heavy (non-hydrogen) atoms. The number of pyridine rings is 2. The number of rotatable bonds is 2. The van der Waals surface area contributed by atoms with Crippen molar-refractivity contribution in [3.05, 3.63) is 36.7 Å². The maximum Gasteiger partial charge on any atom is 0.219 e. The van der Waals surface area contributed by atoms with Crippen LogP contribution >= 0.6 is 15.9 Å². The fraction of sp³-hybridized carbons (Fsp3) is 0.143. The Kier molecular flexibility index (Phi) is 2.98. The zero-order valence-corrected chi connectivity index (χ0v) is 11.8. The van der Waals surface area contributed by atoms with Gasteiger partial charge in [-0.25, -0.2) is 4.98 Å². The van der Waals surface area contributed by atoms with E-state index in [1.165, 1.54) is 0 Å². The SMILES string of the molecule is CC(Br)Oc1ccc2nc(O)c3ccncc3c2c1. The first-order valence-corrected chi connectivity index (χ1v) is 6.74. The molecule has 96 valence electrons. The van der Waals surface area contributed by atoms with Crippen LogP contribution in [0, 0.1) is 0 Å². The standard InChI is InChI=1S/C14H11BrN2O2/c1-8(15)19-9-2-3-13-11(6-9)12-7-16-5-4-10(12)14(18)17-13/h2-8H,1H3,(H,17,18). The van der Waals surface area contributed by atoms with Crippen molar-refractivity contribution in [1.29, 1.82) is 0 Å². The van der Waals surface area contributed by atoms with E-state index in [0.717, 1.165) is 16.5 Å². The van der Waals surface area contributed by atoms with E-state index in [9.17, 15) is 5.11 Å². The zero-order valence-electron chi connectivity index (χ0n) is 10.2. The summed E-state index contributed by atoms with van der Waals surface area (Å²) in [5.74, 6) is 0.766. The molecule has 0 aliphatic heterocycles. The molecule has 0 spiro atoms. The van der Waals surface area contributed by atoms with Crippen molar-refractivity contribution in [2.45, 2.75) is 11.9 Å². The Bertz CT molecular complexity index is 759. The van der Waals surface area contributed by atoms with Crippen LogP contribution in [0.2, 0.25) is 0 Å². The Morgan fingerprint density at radius 1 is 1.21 bits per heavy atom. The highest BCUT2D eigenvalue weighted by Crippen LogP contribution is 2.31. The normalized spacial score (nSPS) is 12.7. The molecule has 1 aromatic carbocycles. The van der Waals surface area contributed by atoms with Crippen LogP contribution in [-0.4, -0.2) is 20.1 Å². The van der Waals surface area contributed by atoms with Crippen molar-refractivity contribution < 1.29 is 9.84 Å². The van der Waals surface area contributed by atoms with Gasteiger partial charge in [0.15, 0.2) is 5.01 Å². The van der Waals surface area contributed by atoms with Crippen LogP contribution in [0.3, 0.4) is 0 Å². The van der Waals surface area contributed by atoms with E-state index >= 15 is 0 Å². The topological polar surface area (TPSA) is 55.2 Å². The molecule has 0 bridgehead atoms. The Balaban J connectivity index is 2.31. The lowest BCUT2D eigenvalue weighted by atomic mass is 10.1. The van der Waals surface area contributed by atoms with E-state index < -0.39 is 0 Å². The van der Waals surface area contributed by atoms with Crippen LogP contribution < -0.4 is 4.74 Å². The number of benzene rings is 1. The van der Waals surface area contributed by atoms with Gasteiger partial charge < -0.3 is 9.84 Å². The van der Waals surface area contributed by atoms with Gasteiger partial charge in [0.1, 0.15) is 5.75 Å². The van der Waals surface area contributed by atoms with Gasteiger partial charge in [-0.1, -0.05) is 0 Å². The van der Waals surface area contributed by atoms with E-state index in [1.807, 2.05) is 25.1 Å². The molecule has 2 aromatic heterocycles. The minimum Gasteiger partial charge on any atom is -0.493 e. The molecule has 0 amide bonds. The molecule has 0 saturated heterocycles. The smallest absolute Gasteiger partial charge is 0.219 e. The fourth-order valence-electron chi connectivity index (χ4n) is 2.07. The van der Waals surface area contributed by atoms with E-state index in [0.29, 0.717) is 10.9 Å². The lowest BCUT2D eigenvalue weighted by Crippen LogP contribution is -2.01. The van der Waals surface area contributed by atoms with Crippen molar-refractivity contribution in [3.63, 3.8) is 0 Å². The molecule has 4 nitrogen and oxygen atoms in total. The highest BCUT2D eigenvalue weighted by Gasteiger charge is 2.09. The van der Waals surface area contributed by atoms with Crippen LogP contribution in [0.4, 0.5) is 0 Å². The second kappa shape index (κ2) is 4.66. The molecule has 2 heterocycles. The van der Waals surface area contributed by atoms with Gasteiger partial charge in [0, 0.05) is 28.6 Å². The molecule has 1 unspecified atom stereocenters. The Hall–Kier alpha value is -1.88. The summed E-state index contributed by atoms with van der Waals surface area (Å²) in [5, 5.41) is 12.3. The van der Waals surface area contributed by atoms with Crippen LogP contribution in [-0.2, 0) is 0 Å². The number of alkyl halides is 1. The fourth-order valence-corrected chi connectivity index (χ4v) is 2.28. The highest BCUT2D eigenvalue weighted by atomic mass is 79.9. The number of fused-ring (bicyclic) bond motifs is 3. The Labute approximate surface area is 118 Å². The summed E-state index contributed by atoms with van der Waals surface area (Å²) in [6, 6.07) is 7.31. The number of ether oxygens (including phenoxy) is 1. The first-order chi connectivity index (χ1) is 9.15. The second-order valence-electron chi connectivity index (χ2n) is 4.20. The molecule has 0 saturated carbocycles. The minimum atomic E-state index is -0.0700. The third kappa shape index (κ3) is 2.21. The van der Waals surface area contributed by atoms with E-state index in [4.69, 9.17) is 4.74 Å². The van der Waals surface area contributed by atoms with Crippen molar-refractivity contribution in [2.75, 3.05) is 0 Å². The van der Waals surface area contributed by atoms with Crippen LogP contribution in [0.15, 0.2) is 36.7 Å². The Morgan fingerprint density at radius 2 is 2.05 bits per heavy atom. The molecule has 3 rings (SSSR count). The van der Waals surface area contributed by atoms with E-state index in [1.54, 1.807) is 18.5 Å². The summed E-state index contributed by atoms with van der Waals surface area (Å²) in [6.45, 7) is 1.90. The summed E-state index contributed by atoms with van der Waals surface area (Å²) in [7, 11) is 0. The molecule has 0 aliphatic carbocycles. The molecular weight excluding hydrogens is 308 g/mol. The minimum absolute atomic E-state index is 0.0208. The summed E-state index contributed by atoms with van der Waals surface area (Å²) in [5.41, 5.74) is 0.715. The average molecular weight is 319 g/mol. The Morgan fingerprint density at radius 3 is 2.84 bits per heavy atom. The van der Waals surface area contributed by atoms with Gasteiger partial charge in [-0.2, -0.15) is 0 Å². The number of halogens is 1. The lowest BCUT2D eigenvalue weighted by molar-refractivity contribution is 0.314. The maximum absolute atomic E-state index is 9.91. The second-order valence-corrected chi connectivity index (χ2v) is 5.49. The van der Waals surface area contributed by atoms with E-state index in [2.05, 4.69) is 25.9 Å². The van der Waals surface area contributed by atoms with Crippen LogP contribution in [0.5, 0.6) is 11.6 Å². The van der Waals surface area contributed by atoms with Crippen molar-refractivity contribution in [3.8, 4) is 11.6 Å². The average Bonchev–Trinajstić information content (AvgIpc) is 2.39. The molecule has 0 radical (unpaired) electrons. The largest absolute Gasteiger partial charge is 0.493 e. The summed E-state index contributed by atoms with van der Waals surface area (Å²) >= 11 is 3.35. The molecule has 3 aromatic rings. The van der Waals surface area contributed by atoms with Gasteiger partial charge in [0.2, 0.25) is 5.88 Å². The molecule has 0 aliphatic rings. The predicted octanol–water partition coefficient (Wildman–Crippen LogP) is 3.61. The number of nitrogens with zero attached hydrogens (tertiary/aromatic N) is 2.